The van der Waals surface area contributed by atoms with Crippen molar-refractivity contribution in [3.63, 3.8) is 0 Å². The van der Waals surface area contributed by atoms with Gasteiger partial charge in [-0.3, -0.25) is 0 Å². The summed E-state index contributed by atoms with van der Waals surface area (Å²) in [5.41, 5.74) is 13.2. The maximum Gasteiger partial charge on any atom is 0.193 e. The first-order valence-electron chi connectivity index (χ1n) is 7.16. The van der Waals surface area contributed by atoms with Gasteiger partial charge in [0, 0.05) is 5.69 Å². The minimum absolute atomic E-state index is 0.444. The van der Waals surface area contributed by atoms with E-state index >= 15 is 0 Å². The first-order chi connectivity index (χ1) is 9.95. The Morgan fingerprint density at radius 1 is 1.00 bits per heavy atom. The highest BCUT2D eigenvalue weighted by atomic mass is 15.1. The smallest absolute Gasteiger partial charge is 0.193 e. The van der Waals surface area contributed by atoms with Crippen LogP contribution in [0.3, 0.4) is 0 Å². The number of aliphatic imine (C=N–C) groups is 1. The quantitative estimate of drug-likeness (QED) is 0.663. The molecule has 3 nitrogen and oxygen atoms in total. The molecule has 3 heteroatoms. The van der Waals surface area contributed by atoms with E-state index in [0.717, 1.165) is 5.69 Å². The second-order valence-corrected chi connectivity index (χ2v) is 5.57. The molecule has 2 aromatic rings. The number of rotatable bonds is 3. The third-order valence-electron chi connectivity index (χ3n) is 3.54. The summed E-state index contributed by atoms with van der Waals surface area (Å²) in [6, 6.07) is 12.4. The Bertz CT molecular complexity index is 649. The number of aryl methyl sites for hydroxylation is 4. The third kappa shape index (κ3) is 4.09. The molecule has 0 unspecified atom stereocenters. The molecule has 110 valence electrons. The molecular weight excluding hydrogens is 258 g/mol. The Labute approximate surface area is 126 Å². The van der Waals surface area contributed by atoms with Gasteiger partial charge in [0.1, 0.15) is 0 Å². The van der Waals surface area contributed by atoms with Crippen molar-refractivity contribution in [1.29, 1.82) is 0 Å². The molecule has 0 aliphatic heterocycles. The fraction of sp³-hybridized carbons (Fsp3) is 0.278. The first-order valence-corrected chi connectivity index (χ1v) is 7.16. The van der Waals surface area contributed by atoms with Gasteiger partial charge in [-0.15, -0.1) is 0 Å². The molecule has 0 heterocycles. The summed E-state index contributed by atoms with van der Waals surface area (Å²) >= 11 is 0. The lowest BCUT2D eigenvalue weighted by Gasteiger charge is -2.10. The molecule has 21 heavy (non-hydrogen) atoms. The van der Waals surface area contributed by atoms with Crippen LogP contribution in [0.15, 0.2) is 41.4 Å². The van der Waals surface area contributed by atoms with E-state index in [2.05, 4.69) is 56.2 Å². The van der Waals surface area contributed by atoms with Crippen LogP contribution in [0.5, 0.6) is 0 Å². The standard InChI is InChI=1S/C18H23N3/c1-12-6-5-7-16(10-12)21-18(19)20-11-17-14(3)8-13(2)9-15(17)4/h5-10H,11H2,1-4H3,(H3,19,20,21). The van der Waals surface area contributed by atoms with Gasteiger partial charge >= 0.3 is 0 Å². The maximum absolute atomic E-state index is 5.97. The molecule has 0 spiro atoms. The molecule has 2 rings (SSSR count). The monoisotopic (exact) mass is 281 g/mol. The van der Waals surface area contributed by atoms with Crippen LogP contribution in [0.25, 0.3) is 0 Å². The van der Waals surface area contributed by atoms with Crippen molar-refractivity contribution in [2.75, 3.05) is 5.32 Å². The van der Waals surface area contributed by atoms with Gasteiger partial charge < -0.3 is 11.1 Å². The molecule has 0 saturated carbocycles. The van der Waals surface area contributed by atoms with Crippen molar-refractivity contribution in [2.45, 2.75) is 34.2 Å². The number of guanidine groups is 1. The number of hydrogen-bond donors (Lipinski definition) is 2. The molecule has 0 aliphatic carbocycles. The predicted molar refractivity (Wildman–Crippen MR) is 90.8 cm³/mol. The third-order valence-corrected chi connectivity index (χ3v) is 3.54. The summed E-state index contributed by atoms with van der Waals surface area (Å²) in [4.78, 5) is 4.45. The van der Waals surface area contributed by atoms with Gasteiger partial charge in [-0.05, 0) is 62.1 Å². The summed E-state index contributed by atoms with van der Waals surface area (Å²) in [5.74, 6) is 0.444. The lowest BCUT2D eigenvalue weighted by molar-refractivity contribution is 1.02. The van der Waals surface area contributed by atoms with Crippen LogP contribution in [0.1, 0.15) is 27.8 Å². The van der Waals surface area contributed by atoms with Crippen molar-refractivity contribution in [3.8, 4) is 0 Å². The lowest BCUT2D eigenvalue weighted by Crippen LogP contribution is -2.22. The normalized spacial score (nSPS) is 11.5. The van der Waals surface area contributed by atoms with Crippen LogP contribution in [0.4, 0.5) is 5.69 Å². The Morgan fingerprint density at radius 3 is 2.29 bits per heavy atom. The van der Waals surface area contributed by atoms with E-state index in [1.807, 2.05) is 18.2 Å². The van der Waals surface area contributed by atoms with Crippen LogP contribution in [0.2, 0.25) is 0 Å². The molecular formula is C18H23N3. The molecule has 2 aromatic carbocycles. The molecule has 0 atom stereocenters. The molecule has 0 aliphatic rings. The topological polar surface area (TPSA) is 50.4 Å². The van der Waals surface area contributed by atoms with Crippen molar-refractivity contribution in [1.82, 2.24) is 0 Å². The number of benzene rings is 2. The minimum Gasteiger partial charge on any atom is -0.370 e. The molecule has 0 bridgehead atoms. The van der Waals surface area contributed by atoms with Gasteiger partial charge in [-0.1, -0.05) is 29.8 Å². The second-order valence-electron chi connectivity index (χ2n) is 5.57. The van der Waals surface area contributed by atoms with Gasteiger partial charge in [0.05, 0.1) is 6.54 Å². The van der Waals surface area contributed by atoms with Gasteiger partial charge in [0.25, 0.3) is 0 Å². The van der Waals surface area contributed by atoms with E-state index in [1.165, 1.54) is 27.8 Å². The van der Waals surface area contributed by atoms with Gasteiger partial charge in [0.2, 0.25) is 0 Å². The van der Waals surface area contributed by atoms with Crippen LogP contribution in [0, 0.1) is 27.7 Å². The number of hydrogen-bond acceptors (Lipinski definition) is 1. The largest absolute Gasteiger partial charge is 0.370 e. The van der Waals surface area contributed by atoms with E-state index in [1.54, 1.807) is 0 Å². The zero-order chi connectivity index (χ0) is 15.4. The fourth-order valence-electron chi connectivity index (χ4n) is 2.53. The zero-order valence-electron chi connectivity index (χ0n) is 13.2. The summed E-state index contributed by atoms with van der Waals surface area (Å²) in [6.45, 7) is 9.00. The van der Waals surface area contributed by atoms with E-state index in [4.69, 9.17) is 5.73 Å². The molecule has 0 aromatic heterocycles. The number of nitrogens with two attached hydrogens (primary N) is 1. The number of nitrogens with one attached hydrogen (secondary N) is 1. The highest BCUT2D eigenvalue weighted by Gasteiger charge is 2.03. The van der Waals surface area contributed by atoms with Crippen molar-refractivity contribution in [3.05, 3.63) is 64.2 Å². The molecule has 0 saturated heterocycles. The predicted octanol–water partition coefficient (Wildman–Crippen LogP) is 3.85. The fourth-order valence-corrected chi connectivity index (χ4v) is 2.53. The summed E-state index contributed by atoms with van der Waals surface area (Å²) in [5, 5.41) is 3.13. The average Bonchev–Trinajstić information content (AvgIpc) is 2.37. The summed E-state index contributed by atoms with van der Waals surface area (Å²) in [6.07, 6.45) is 0. The van der Waals surface area contributed by atoms with Crippen LogP contribution in [-0.4, -0.2) is 5.96 Å². The van der Waals surface area contributed by atoms with Crippen molar-refractivity contribution in [2.24, 2.45) is 10.7 Å². The minimum atomic E-state index is 0.444. The molecule has 3 N–H and O–H groups in total. The van der Waals surface area contributed by atoms with E-state index in [-0.39, 0.29) is 0 Å². The lowest BCUT2D eigenvalue weighted by atomic mass is 10.00. The molecule has 0 radical (unpaired) electrons. The van der Waals surface area contributed by atoms with Gasteiger partial charge in [0.15, 0.2) is 5.96 Å². The first kappa shape index (κ1) is 15.1. The van der Waals surface area contributed by atoms with E-state index in [9.17, 15) is 0 Å². The Balaban J connectivity index is 2.10. The van der Waals surface area contributed by atoms with Crippen LogP contribution in [-0.2, 0) is 6.54 Å². The van der Waals surface area contributed by atoms with Crippen LogP contribution >= 0.6 is 0 Å². The maximum atomic E-state index is 5.97. The second kappa shape index (κ2) is 6.44. The van der Waals surface area contributed by atoms with E-state index < -0.39 is 0 Å². The van der Waals surface area contributed by atoms with Crippen molar-refractivity contribution >= 4 is 11.6 Å². The summed E-state index contributed by atoms with van der Waals surface area (Å²) < 4.78 is 0. The average molecular weight is 281 g/mol. The zero-order valence-corrected chi connectivity index (χ0v) is 13.2. The Morgan fingerprint density at radius 2 is 1.67 bits per heavy atom. The SMILES string of the molecule is Cc1cccc(NC(N)=NCc2c(C)cc(C)cc2C)c1. The summed E-state index contributed by atoms with van der Waals surface area (Å²) in [7, 11) is 0. The highest BCUT2D eigenvalue weighted by Crippen LogP contribution is 2.17. The molecule has 0 fully saturated rings. The van der Waals surface area contributed by atoms with E-state index in [0.29, 0.717) is 12.5 Å². The number of anilines is 1. The Kier molecular flexibility index (Phi) is 4.63. The number of nitrogens with zero attached hydrogens (tertiary/aromatic N) is 1. The molecule has 0 amide bonds. The van der Waals surface area contributed by atoms with Crippen LogP contribution < -0.4 is 11.1 Å². The Hall–Kier alpha value is -2.29. The van der Waals surface area contributed by atoms with Crippen molar-refractivity contribution < 1.29 is 0 Å². The van der Waals surface area contributed by atoms with Gasteiger partial charge in [-0.25, -0.2) is 4.99 Å². The highest BCUT2D eigenvalue weighted by molar-refractivity contribution is 5.92. The van der Waals surface area contributed by atoms with Gasteiger partial charge in [-0.2, -0.15) is 0 Å².